The number of guanidine groups is 1. The van der Waals surface area contributed by atoms with E-state index in [9.17, 15) is 4.79 Å². The normalized spacial score (nSPS) is 9.75. The molecule has 5 N–H and O–H groups in total. The van der Waals surface area contributed by atoms with E-state index in [1.54, 1.807) is 0 Å². The molecule has 0 unspecified atom stereocenters. The number of amides is 1. The number of tetrazole rings is 1. The van der Waals surface area contributed by atoms with Crippen LogP contribution >= 0.6 is 0 Å². The molecule has 9 nitrogen and oxygen atoms in total. The monoisotopic (exact) mass is 226 g/mol. The summed E-state index contributed by atoms with van der Waals surface area (Å²) in [5.41, 5.74) is 5.06. The smallest absolute Gasteiger partial charge is 0.221 e. The van der Waals surface area contributed by atoms with Gasteiger partial charge in [-0.3, -0.25) is 10.2 Å². The van der Waals surface area contributed by atoms with Gasteiger partial charge in [-0.1, -0.05) is 0 Å². The van der Waals surface area contributed by atoms with E-state index >= 15 is 0 Å². The number of carbonyl (C=O) groups excluding carboxylic acids is 1. The highest BCUT2D eigenvalue weighted by Crippen LogP contribution is 1.79. The van der Waals surface area contributed by atoms with Crippen molar-refractivity contribution in [3.05, 3.63) is 6.33 Å². The second-order valence-corrected chi connectivity index (χ2v) is 3.01. The molecule has 0 fully saturated rings. The molecule has 0 aliphatic rings. The van der Waals surface area contributed by atoms with Gasteiger partial charge in [0.15, 0.2) is 5.96 Å². The zero-order chi connectivity index (χ0) is 11.8. The van der Waals surface area contributed by atoms with Gasteiger partial charge in [-0.25, -0.2) is 4.68 Å². The summed E-state index contributed by atoms with van der Waals surface area (Å²) in [6.07, 6.45) is 1.75. The zero-order valence-corrected chi connectivity index (χ0v) is 8.68. The summed E-state index contributed by atoms with van der Waals surface area (Å²) < 4.78 is 1.52. The van der Waals surface area contributed by atoms with E-state index in [1.165, 1.54) is 11.0 Å². The van der Waals surface area contributed by atoms with Gasteiger partial charge in [-0.05, 0) is 10.4 Å². The minimum atomic E-state index is -0.138. The maximum atomic E-state index is 11.2. The molecule has 0 saturated carbocycles. The van der Waals surface area contributed by atoms with Crippen molar-refractivity contribution in [2.24, 2.45) is 5.73 Å². The average Bonchev–Trinajstić information content (AvgIpc) is 2.70. The van der Waals surface area contributed by atoms with Crippen LogP contribution < -0.4 is 16.4 Å². The van der Waals surface area contributed by atoms with E-state index in [1.807, 2.05) is 0 Å². The summed E-state index contributed by atoms with van der Waals surface area (Å²) in [5, 5.41) is 22.7. The summed E-state index contributed by atoms with van der Waals surface area (Å²) >= 11 is 0. The molecule has 0 spiro atoms. The Morgan fingerprint density at radius 2 is 2.25 bits per heavy atom. The van der Waals surface area contributed by atoms with E-state index in [0.717, 1.165) is 0 Å². The minimum Gasteiger partial charge on any atom is -0.370 e. The van der Waals surface area contributed by atoms with E-state index in [0.29, 0.717) is 19.6 Å². The first-order chi connectivity index (χ1) is 7.68. The second-order valence-electron chi connectivity index (χ2n) is 3.01. The van der Waals surface area contributed by atoms with Crippen molar-refractivity contribution < 1.29 is 4.79 Å². The Balaban J connectivity index is 2.04. The lowest BCUT2D eigenvalue weighted by molar-refractivity contribution is -0.120. The molecule has 0 aliphatic heterocycles. The first kappa shape index (κ1) is 11.9. The third kappa shape index (κ3) is 4.88. The number of nitrogens with one attached hydrogen (secondary N) is 3. The molecule has 0 atom stereocenters. The molecule has 1 amide bonds. The molecular weight excluding hydrogens is 212 g/mol. The second kappa shape index (κ2) is 6.32. The number of hydrogen-bond acceptors (Lipinski definition) is 5. The largest absolute Gasteiger partial charge is 0.370 e. The lowest BCUT2D eigenvalue weighted by Crippen LogP contribution is -2.35. The van der Waals surface area contributed by atoms with E-state index in [4.69, 9.17) is 11.1 Å². The number of rotatable bonds is 6. The molecule has 1 aromatic rings. The summed E-state index contributed by atoms with van der Waals surface area (Å²) in [6, 6.07) is 0. The fraction of sp³-hybridized carbons (Fsp3) is 0.571. The van der Waals surface area contributed by atoms with Crippen molar-refractivity contribution in [3.63, 3.8) is 0 Å². The fourth-order valence-corrected chi connectivity index (χ4v) is 0.992. The van der Waals surface area contributed by atoms with Crippen LogP contribution in [0.5, 0.6) is 0 Å². The molecule has 0 bridgehead atoms. The Morgan fingerprint density at radius 3 is 2.88 bits per heavy atom. The number of aromatic nitrogens is 4. The third-order valence-electron chi connectivity index (χ3n) is 1.72. The number of nitrogens with two attached hydrogens (primary N) is 1. The topological polar surface area (TPSA) is 135 Å². The molecule has 0 saturated heterocycles. The van der Waals surface area contributed by atoms with Gasteiger partial charge in [-0.15, -0.1) is 5.10 Å². The Kier molecular flexibility index (Phi) is 4.70. The Hall–Kier alpha value is -2.19. The van der Waals surface area contributed by atoms with Crippen molar-refractivity contribution in [2.75, 3.05) is 13.1 Å². The lowest BCUT2D eigenvalue weighted by Gasteiger charge is -2.05. The predicted octanol–water partition coefficient (Wildman–Crippen LogP) is -2.34. The highest BCUT2D eigenvalue weighted by molar-refractivity contribution is 5.78. The Labute approximate surface area is 91.9 Å². The van der Waals surface area contributed by atoms with Crippen LogP contribution in [0.4, 0.5) is 0 Å². The number of nitrogens with zero attached hydrogens (tertiary/aromatic N) is 4. The maximum Gasteiger partial charge on any atom is 0.221 e. The van der Waals surface area contributed by atoms with Crippen LogP contribution in [0.15, 0.2) is 6.33 Å². The first-order valence-electron chi connectivity index (χ1n) is 4.74. The molecule has 0 radical (unpaired) electrons. The minimum absolute atomic E-state index is 0.109. The summed E-state index contributed by atoms with van der Waals surface area (Å²) in [7, 11) is 0. The first-order valence-corrected chi connectivity index (χ1v) is 4.74. The van der Waals surface area contributed by atoms with Crippen molar-refractivity contribution >= 4 is 11.9 Å². The molecular formula is C7H14N8O. The fourth-order valence-electron chi connectivity index (χ4n) is 0.992. The van der Waals surface area contributed by atoms with Crippen LogP contribution in [-0.2, 0) is 11.3 Å². The van der Waals surface area contributed by atoms with Crippen molar-refractivity contribution in [3.8, 4) is 0 Å². The standard InChI is InChI=1S/C7H14N8O/c8-7(9)11-2-1-6(16)10-3-4-15-5-12-13-14-15/h5H,1-4H2,(H,10,16)(H4,8,9,11). The Bertz CT molecular complexity index is 334. The van der Waals surface area contributed by atoms with Crippen LogP contribution in [0.1, 0.15) is 6.42 Å². The van der Waals surface area contributed by atoms with E-state index < -0.39 is 0 Å². The molecule has 0 aromatic carbocycles. The van der Waals surface area contributed by atoms with Gasteiger partial charge in [0.25, 0.3) is 0 Å². The van der Waals surface area contributed by atoms with Gasteiger partial charge in [-0.2, -0.15) is 0 Å². The lowest BCUT2D eigenvalue weighted by atomic mass is 10.4. The van der Waals surface area contributed by atoms with Gasteiger partial charge in [0.05, 0.1) is 6.54 Å². The molecule has 0 aliphatic carbocycles. The third-order valence-corrected chi connectivity index (χ3v) is 1.72. The summed E-state index contributed by atoms with van der Waals surface area (Å²) in [6.45, 7) is 1.34. The predicted molar refractivity (Wildman–Crippen MR) is 55.4 cm³/mol. The van der Waals surface area contributed by atoms with Crippen molar-refractivity contribution in [2.45, 2.75) is 13.0 Å². The van der Waals surface area contributed by atoms with Crippen LogP contribution in [0.3, 0.4) is 0 Å². The molecule has 1 heterocycles. The quantitative estimate of drug-likeness (QED) is 0.317. The van der Waals surface area contributed by atoms with Gasteiger partial charge in [0.2, 0.25) is 5.91 Å². The maximum absolute atomic E-state index is 11.2. The molecule has 1 rings (SSSR count). The highest BCUT2D eigenvalue weighted by atomic mass is 16.1. The number of carbonyl (C=O) groups is 1. The van der Waals surface area contributed by atoms with Crippen molar-refractivity contribution in [1.82, 2.24) is 30.8 Å². The summed E-state index contributed by atoms with van der Waals surface area (Å²) in [5.74, 6) is -0.247. The SMILES string of the molecule is N=C(N)NCCC(=O)NCCn1cnnn1. The van der Waals surface area contributed by atoms with Gasteiger partial charge >= 0.3 is 0 Å². The molecule has 1 aromatic heterocycles. The van der Waals surface area contributed by atoms with Gasteiger partial charge in [0, 0.05) is 19.5 Å². The van der Waals surface area contributed by atoms with E-state index in [-0.39, 0.29) is 18.3 Å². The highest BCUT2D eigenvalue weighted by Gasteiger charge is 2.00. The van der Waals surface area contributed by atoms with Gasteiger partial charge in [0.1, 0.15) is 6.33 Å². The molecule has 9 heteroatoms. The van der Waals surface area contributed by atoms with Crippen LogP contribution in [-0.4, -0.2) is 45.2 Å². The van der Waals surface area contributed by atoms with Crippen LogP contribution in [0.2, 0.25) is 0 Å². The number of hydrogen-bond donors (Lipinski definition) is 4. The average molecular weight is 226 g/mol. The van der Waals surface area contributed by atoms with E-state index in [2.05, 4.69) is 26.2 Å². The van der Waals surface area contributed by atoms with Crippen molar-refractivity contribution in [1.29, 1.82) is 5.41 Å². The van der Waals surface area contributed by atoms with Crippen LogP contribution in [0.25, 0.3) is 0 Å². The van der Waals surface area contributed by atoms with Crippen LogP contribution in [0, 0.1) is 5.41 Å². The molecule has 88 valence electrons. The summed E-state index contributed by atoms with van der Waals surface area (Å²) in [4.78, 5) is 11.2. The Morgan fingerprint density at radius 1 is 1.44 bits per heavy atom. The zero-order valence-electron chi connectivity index (χ0n) is 8.68. The van der Waals surface area contributed by atoms with Gasteiger partial charge < -0.3 is 16.4 Å². The molecule has 16 heavy (non-hydrogen) atoms.